The highest BCUT2D eigenvalue weighted by Gasteiger charge is 2.14. The van der Waals surface area contributed by atoms with Crippen LogP contribution in [0.25, 0.3) is 0 Å². The van der Waals surface area contributed by atoms with E-state index in [1.165, 1.54) is 5.01 Å². The SMILES string of the molecule is OCCN(CCO)N1N=C(F)C=[C]N1. The van der Waals surface area contributed by atoms with Gasteiger partial charge >= 0.3 is 0 Å². The first kappa shape index (κ1) is 10.9. The minimum Gasteiger partial charge on any atom is -0.395 e. The lowest BCUT2D eigenvalue weighted by Crippen LogP contribution is -2.49. The van der Waals surface area contributed by atoms with Gasteiger partial charge in [0, 0.05) is 19.2 Å². The average molecular weight is 203 g/mol. The molecule has 0 bridgehead atoms. The van der Waals surface area contributed by atoms with Crippen molar-refractivity contribution >= 4 is 5.97 Å². The van der Waals surface area contributed by atoms with Crippen molar-refractivity contribution < 1.29 is 14.6 Å². The number of halogens is 1. The predicted molar refractivity (Wildman–Crippen MR) is 47.1 cm³/mol. The molecular formula is C7H12FN4O2. The van der Waals surface area contributed by atoms with E-state index in [-0.39, 0.29) is 26.3 Å². The zero-order valence-corrected chi connectivity index (χ0v) is 7.52. The van der Waals surface area contributed by atoms with Gasteiger partial charge in [0.15, 0.2) is 0 Å². The fourth-order valence-corrected chi connectivity index (χ4v) is 0.960. The van der Waals surface area contributed by atoms with Crippen LogP contribution in [-0.2, 0) is 0 Å². The van der Waals surface area contributed by atoms with Crippen molar-refractivity contribution in [1.29, 1.82) is 0 Å². The molecule has 0 amide bonds. The van der Waals surface area contributed by atoms with Crippen molar-refractivity contribution in [1.82, 2.24) is 15.7 Å². The van der Waals surface area contributed by atoms with Crippen LogP contribution in [0.1, 0.15) is 0 Å². The Balaban J connectivity index is 2.54. The second-order valence-corrected chi connectivity index (χ2v) is 2.51. The number of nitrogens with zero attached hydrogens (tertiary/aromatic N) is 3. The molecule has 0 aromatic carbocycles. The highest BCUT2D eigenvalue weighted by atomic mass is 19.1. The molecule has 6 nitrogen and oxygen atoms in total. The van der Waals surface area contributed by atoms with E-state index in [2.05, 4.69) is 16.7 Å². The average Bonchev–Trinajstić information content (AvgIpc) is 2.17. The van der Waals surface area contributed by atoms with Crippen molar-refractivity contribution in [3.63, 3.8) is 0 Å². The van der Waals surface area contributed by atoms with Gasteiger partial charge < -0.3 is 10.2 Å². The number of aliphatic hydroxyl groups excluding tert-OH is 2. The lowest BCUT2D eigenvalue weighted by molar-refractivity contribution is -0.0760. The van der Waals surface area contributed by atoms with Gasteiger partial charge in [-0.25, -0.2) is 0 Å². The minimum atomic E-state index is -0.690. The topological polar surface area (TPSA) is 71.3 Å². The Morgan fingerprint density at radius 1 is 1.50 bits per heavy atom. The third-order valence-electron chi connectivity index (χ3n) is 1.53. The Bertz CT molecular complexity index is 228. The Morgan fingerprint density at radius 2 is 2.14 bits per heavy atom. The summed E-state index contributed by atoms with van der Waals surface area (Å²) in [6.45, 7) is 0.260. The Kier molecular flexibility index (Phi) is 4.30. The molecule has 1 heterocycles. The van der Waals surface area contributed by atoms with Gasteiger partial charge in [0.05, 0.1) is 19.4 Å². The Labute approximate surface area is 80.9 Å². The zero-order valence-electron chi connectivity index (χ0n) is 7.52. The van der Waals surface area contributed by atoms with Gasteiger partial charge in [-0.3, -0.25) is 5.43 Å². The summed E-state index contributed by atoms with van der Waals surface area (Å²) in [5.74, 6) is -0.690. The summed E-state index contributed by atoms with van der Waals surface area (Å²) in [4.78, 5) is 0. The molecule has 0 aliphatic carbocycles. The Hall–Kier alpha value is -1.18. The number of nitrogens with one attached hydrogen (secondary N) is 1. The van der Waals surface area contributed by atoms with Crippen molar-refractivity contribution in [2.45, 2.75) is 0 Å². The van der Waals surface area contributed by atoms with E-state index in [0.29, 0.717) is 0 Å². The predicted octanol–water partition coefficient (Wildman–Crippen LogP) is -1.39. The van der Waals surface area contributed by atoms with E-state index >= 15 is 0 Å². The molecule has 1 rings (SSSR count). The summed E-state index contributed by atoms with van der Waals surface area (Å²) in [7, 11) is 0. The molecule has 0 aromatic rings. The molecule has 0 spiro atoms. The molecule has 1 aliphatic rings. The molecule has 3 N–H and O–H groups in total. The maximum atomic E-state index is 12.7. The van der Waals surface area contributed by atoms with E-state index in [1.54, 1.807) is 0 Å². The molecule has 0 aromatic heterocycles. The number of hydrogen-bond donors (Lipinski definition) is 3. The highest BCUT2D eigenvalue weighted by molar-refractivity contribution is 5.85. The van der Waals surface area contributed by atoms with Gasteiger partial charge in [-0.05, 0) is 0 Å². The number of hydrogen-bond acceptors (Lipinski definition) is 6. The summed E-state index contributed by atoms with van der Waals surface area (Å²) in [6.07, 6.45) is 3.47. The second-order valence-electron chi connectivity index (χ2n) is 2.51. The molecule has 0 fully saturated rings. The van der Waals surface area contributed by atoms with Crippen LogP contribution < -0.4 is 5.43 Å². The van der Waals surface area contributed by atoms with Crippen LogP contribution in [0.4, 0.5) is 4.39 Å². The lowest BCUT2D eigenvalue weighted by Gasteiger charge is -2.31. The first-order valence-corrected chi connectivity index (χ1v) is 4.13. The molecule has 0 atom stereocenters. The van der Waals surface area contributed by atoms with Gasteiger partial charge in [0.2, 0.25) is 5.97 Å². The minimum absolute atomic E-state index is 0.112. The summed E-state index contributed by atoms with van der Waals surface area (Å²) < 4.78 is 12.7. The zero-order chi connectivity index (χ0) is 10.4. The summed E-state index contributed by atoms with van der Waals surface area (Å²) in [5.41, 5.74) is 2.52. The number of allylic oxidation sites excluding steroid dienone is 1. The molecule has 79 valence electrons. The quantitative estimate of drug-likeness (QED) is 0.513. The van der Waals surface area contributed by atoms with Crippen molar-refractivity contribution in [3.05, 3.63) is 12.3 Å². The van der Waals surface area contributed by atoms with Crippen molar-refractivity contribution in [2.24, 2.45) is 5.10 Å². The fraction of sp³-hybridized carbons (Fsp3) is 0.571. The smallest absolute Gasteiger partial charge is 0.236 e. The van der Waals surface area contributed by atoms with Crippen LogP contribution in [0.3, 0.4) is 0 Å². The maximum Gasteiger partial charge on any atom is 0.236 e. The molecule has 0 unspecified atom stereocenters. The molecular weight excluding hydrogens is 191 g/mol. The van der Waals surface area contributed by atoms with Gasteiger partial charge in [0.1, 0.15) is 0 Å². The third kappa shape index (κ3) is 2.95. The monoisotopic (exact) mass is 203 g/mol. The van der Waals surface area contributed by atoms with Crippen LogP contribution in [0.15, 0.2) is 11.2 Å². The maximum absolute atomic E-state index is 12.7. The fourth-order valence-electron chi connectivity index (χ4n) is 0.960. The van der Waals surface area contributed by atoms with E-state index in [9.17, 15) is 4.39 Å². The summed E-state index contributed by atoms with van der Waals surface area (Å²) in [5, 5.41) is 23.4. The number of hydrazone groups is 1. The number of rotatable bonds is 5. The van der Waals surface area contributed by atoms with Gasteiger partial charge in [-0.15, -0.1) is 10.3 Å². The molecule has 7 heteroatoms. The van der Waals surface area contributed by atoms with E-state index < -0.39 is 5.97 Å². The third-order valence-corrected chi connectivity index (χ3v) is 1.53. The van der Waals surface area contributed by atoms with Gasteiger partial charge in [-0.1, -0.05) is 0 Å². The van der Waals surface area contributed by atoms with E-state index in [0.717, 1.165) is 11.3 Å². The molecule has 1 aliphatic heterocycles. The van der Waals surface area contributed by atoms with Crippen LogP contribution in [0.5, 0.6) is 0 Å². The van der Waals surface area contributed by atoms with Crippen LogP contribution >= 0.6 is 0 Å². The molecule has 0 saturated carbocycles. The standard InChI is InChI=1S/C7H12FN4O2/c8-7-1-2-9-12(10-7)11(3-5-13)4-6-14/h1,9,13-14H,3-6H2. The van der Waals surface area contributed by atoms with Gasteiger partial charge in [-0.2, -0.15) is 9.40 Å². The number of hydrazine groups is 2. The van der Waals surface area contributed by atoms with E-state index in [1.807, 2.05) is 0 Å². The molecule has 1 radical (unpaired) electrons. The first-order valence-electron chi connectivity index (χ1n) is 4.13. The van der Waals surface area contributed by atoms with Crippen molar-refractivity contribution in [3.8, 4) is 0 Å². The lowest BCUT2D eigenvalue weighted by atomic mass is 10.6. The Morgan fingerprint density at radius 3 is 2.64 bits per heavy atom. The highest BCUT2D eigenvalue weighted by Crippen LogP contribution is 2.00. The van der Waals surface area contributed by atoms with Gasteiger partial charge in [0.25, 0.3) is 0 Å². The number of aliphatic hydroxyl groups is 2. The van der Waals surface area contributed by atoms with Crippen molar-refractivity contribution in [2.75, 3.05) is 26.3 Å². The van der Waals surface area contributed by atoms with Crippen LogP contribution in [-0.4, -0.2) is 52.7 Å². The first-order chi connectivity index (χ1) is 6.77. The van der Waals surface area contributed by atoms with Crippen LogP contribution in [0, 0.1) is 6.20 Å². The molecule has 0 saturated heterocycles. The second kappa shape index (κ2) is 5.53. The largest absolute Gasteiger partial charge is 0.395 e. The normalized spacial score (nSPS) is 15.7. The van der Waals surface area contributed by atoms with E-state index in [4.69, 9.17) is 10.2 Å². The summed E-state index contributed by atoms with van der Waals surface area (Å²) >= 11 is 0. The summed E-state index contributed by atoms with van der Waals surface area (Å²) in [6, 6.07) is 0. The van der Waals surface area contributed by atoms with Crippen LogP contribution in [0.2, 0.25) is 0 Å². The molecule has 14 heavy (non-hydrogen) atoms.